The zero-order valence-corrected chi connectivity index (χ0v) is 8.09. The van der Waals surface area contributed by atoms with Crippen LogP contribution in [0.4, 0.5) is 0 Å². The minimum Gasteiger partial charge on any atom is -0.389 e. The predicted octanol–water partition coefficient (Wildman–Crippen LogP) is -0.0841. The van der Waals surface area contributed by atoms with Gasteiger partial charge in [-0.15, -0.1) is 0 Å². The van der Waals surface area contributed by atoms with E-state index in [2.05, 4.69) is 10.2 Å². The molecule has 5 N–H and O–H groups in total. The third-order valence-electron chi connectivity index (χ3n) is 2.43. The Labute approximate surface area is 86.5 Å². The van der Waals surface area contributed by atoms with Crippen molar-refractivity contribution in [1.29, 1.82) is 0 Å². The summed E-state index contributed by atoms with van der Waals surface area (Å²) in [5.41, 5.74) is 6.64. The quantitative estimate of drug-likeness (QED) is 0.566. The van der Waals surface area contributed by atoms with Crippen molar-refractivity contribution in [2.24, 2.45) is 5.73 Å². The van der Waals surface area contributed by atoms with Crippen LogP contribution in [-0.2, 0) is 0 Å². The van der Waals surface area contributed by atoms with Gasteiger partial charge in [0.25, 0.3) is 0 Å². The number of aromatic nitrogens is 2. The number of rotatable bonds is 3. The lowest BCUT2D eigenvalue weighted by atomic mass is 10.0. The van der Waals surface area contributed by atoms with E-state index in [4.69, 9.17) is 5.73 Å². The lowest BCUT2D eigenvalue weighted by molar-refractivity contribution is 0.0251. The first kappa shape index (κ1) is 10.1. The van der Waals surface area contributed by atoms with Crippen LogP contribution in [0.3, 0.4) is 0 Å². The number of hydrogen-bond acceptors (Lipinski definition) is 4. The first-order valence-electron chi connectivity index (χ1n) is 4.72. The predicted molar refractivity (Wildman–Crippen MR) is 56.1 cm³/mol. The molecule has 0 bridgehead atoms. The number of hydrogen-bond donors (Lipinski definition) is 4. The minimum absolute atomic E-state index is 0.0195. The maximum atomic E-state index is 9.83. The van der Waals surface area contributed by atoms with Gasteiger partial charge >= 0.3 is 0 Å². The van der Waals surface area contributed by atoms with Gasteiger partial charge in [0.2, 0.25) is 0 Å². The second kappa shape index (κ2) is 3.98. The molecule has 0 aliphatic carbocycles. The van der Waals surface area contributed by atoms with Crippen molar-refractivity contribution in [3.63, 3.8) is 0 Å². The van der Waals surface area contributed by atoms with Crippen LogP contribution in [0.25, 0.3) is 10.9 Å². The van der Waals surface area contributed by atoms with Crippen molar-refractivity contribution in [3.8, 4) is 0 Å². The van der Waals surface area contributed by atoms with Crippen molar-refractivity contribution in [2.75, 3.05) is 6.54 Å². The Bertz CT molecular complexity index is 455. The molecule has 5 nitrogen and oxygen atoms in total. The summed E-state index contributed by atoms with van der Waals surface area (Å²) >= 11 is 0. The van der Waals surface area contributed by atoms with Crippen LogP contribution in [0.15, 0.2) is 24.4 Å². The monoisotopic (exact) mass is 207 g/mol. The molecular weight excluding hydrogens is 194 g/mol. The summed E-state index contributed by atoms with van der Waals surface area (Å²) in [5, 5.41) is 26.9. The summed E-state index contributed by atoms with van der Waals surface area (Å²) in [7, 11) is 0. The molecule has 0 saturated carbocycles. The van der Waals surface area contributed by atoms with Gasteiger partial charge in [-0.05, 0) is 0 Å². The summed E-state index contributed by atoms with van der Waals surface area (Å²) in [4.78, 5) is 0. The highest BCUT2D eigenvalue weighted by Crippen LogP contribution is 2.24. The average molecular weight is 207 g/mol. The number of H-pyrrole nitrogens is 1. The van der Waals surface area contributed by atoms with Crippen LogP contribution in [-0.4, -0.2) is 33.1 Å². The zero-order chi connectivity index (χ0) is 10.8. The van der Waals surface area contributed by atoms with Crippen molar-refractivity contribution >= 4 is 10.9 Å². The van der Waals surface area contributed by atoms with E-state index in [1.807, 2.05) is 6.07 Å². The van der Waals surface area contributed by atoms with E-state index in [9.17, 15) is 10.2 Å². The van der Waals surface area contributed by atoms with E-state index in [0.717, 1.165) is 10.9 Å². The highest BCUT2D eigenvalue weighted by Gasteiger charge is 2.19. The van der Waals surface area contributed by atoms with Crippen LogP contribution in [0.1, 0.15) is 11.7 Å². The fraction of sp³-hybridized carbons (Fsp3) is 0.300. The standard InChI is InChI=1S/C10H13N3O2/c11-4-8(14)10(15)7-3-1-2-6-5-12-13-9(6)7/h1-3,5,8,10,14-15H,4,11H2,(H,12,13). The number of aromatic amines is 1. The third kappa shape index (κ3) is 1.72. The molecule has 2 aromatic rings. The average Bonchev–Trinajstić information content (AvgIpc) is 2.74. The second-order valence-electron chi connectivity index (χ2n) is 3.43. The number of aliphatic hydroxyl groups excluding tert-OH is 2. The number of fused-ring (bicyclic) bond motifs is 1. The molecule has 0 amide bonds. The van der Waals surface area contributed by atoms with E-state index in [0.29, 0.717) is 5.56 Å². The summed E-state index contributed by atoms with van der Waals surface area (Å²) < 4.78 is 0. The molecule has 1 aromatic heterocycles. The third-order valence-corrected chi connectivity index (χ3v) is 2.43. The van der Waals surface area contributed by atoms with Crippen molar-refractivity contribution < 1.29 is 10.2 Å². The Morgan fingerprint density at radius 2 is 2.20 bits per heavy atom. The summed E-state index contributed by atoms with van der Waals surface area (Å²) in [6.45, 7) is 0.0195. The van der Waals surface area contributed by atoms with Gasteiger partial charge in [-0.2, -0.15) is 5.10 Å². The largest absolute Gasteiger partial charge is 0.389 e. The molecule has 0 spiro atoms. The molecule has 15 heavy (non-hydrogen) atoms. The van der Waals surface area contributed by atoms with Crippen LogP contribution in [0, 0.1) is 0 Å². The summed E-state index contributed by atoms with van der Waals surface area (Å²) in [6.07, 6.45) is -0.279. The van der Waals surface area contributed by atoms with Gasteiger partial charge in [0.05, 0.1) is 17.8 Å². The topological polar surface area (TPSA) is 95.2 Å². The molecule has 0 saturated heterocycles. The molecule has 0 aliphatic heterocycles. The maximum absolute atomic E-state index is 9.83. The smallest absolute Gasteiger partial charge is 0.108 e. The first-order valence-corrected chi connectivity index (χ1v) is 4.72. The van der Waals surface area contributed by atoms with E-state index in [-0.39, 0.29) is 6.54 Å². The lowest BCUT2D eigenvalue weighted by Gasteiger charge is -2.16. The number of nitrogens with one attached hydrogen (secondary N) is 1. The molecule has 1 heterocycles. The second-order valence-corrected chi connectivity index (χ2v) is 3.43. The number of nitrogens with two attached hydrogens (primary N) is 1. The first-order chi connectivity index (χ1) is 7.24. The molecule has 5 heteroatoms. The SMILES string of the molecule is NCC(O)C(O)c1cccc2cn[nH]c12. The van der Waals surface area contributed by atoms with E-state index < -0.39 is 12.2 Å². The highest BCUT2D eigenvalue weighted by atomic mass is 16.3. The van der Waals surface area contributed by atoms with E-state index in [1.165, 1.54) is 0 Å². The van der Waals surface area contributed by atoms with E-state index >= 15 is 0 Å². The van der Waals surface area contributed by atoms with Crippen LogP contribution >= 0.6 is 0 Å². The Morgan fingerprint density at radius 1 is 1.40 bits per heavy atom. The van der Waals surface area contributed by atoms with Crippen LogP contribution in [0.2, 0.25) is 0 Å². The van der Waals surface area contributed by atoms with Crippen molar-refractivity contribution in [2.45, 2.75) is 12.2 Å². The molecular formula is C10H13N3O2. The van der Waals surface area contributed by atoms with Gasteiger partial charge in [0.1, 0.15) is 6.10 Å². The lowest BCUT2D eigenvalue weighted by Crippen LogP contribution is -2.27. The molecule has 0 aliphatic rings. The fourth-order valence-corrected chi connectivity index (χ4v) is 1.57. The Kier molecular flexibility index (Phi) is 2.68. The number of nitrogens with zero attached hydrogens (tertiary/aromatic N) is 1. The van der Waals surface area contributed by atoms with Gasteiger partial charge in [0, 0.05) is 17.5 Å². The Hall–Kier alpha value is -1.43. The van der Waals surface area contributed by atoms with E-state index in [1.54, 1.807) is 18.3 Å². The van der Waals surface area contributed by atoms with Gasteiger partial charge in [-0.1, -0.05) is 18.2 Å². The fourth-order valence-electron chi connectivity index (χ4n) is 1.57. The summed E-state index contributed by atoms with van der Waals surface area (Å²) in [5.74, 6) is 0. The molecule has 0 radical (unpaired) electrons. The van der Waals surface area contributed by atoms with Gasteiger partial charge < -0.3 is 15.9 Å². The highest BCUT2D eigenvalue weighted by molar-refractivity contribution is 5.81. The van der Waals surface area contributed by atoms with Gasteiger partial charge in [0.15, 0.2) is 0 Å². The molecule has 2 rings (SSSR count). The Balaban J connectivity index is 2.46. The van der Waals surface area contributed by atoms with Crippen molar-refractivity contribution in [3.05, 3.63) is 30.0 Å². The molecule has 1 aromatic carbocycles. The number of benzene rings is 1. The molecule has 80 valence electrons. The Morgan fingerprint density at radius 3 is 2.93 bits per heavy atom. The summed E-state index contributed by atoms with van der Waals surface area (Å²) in [6, 6.07) is 5.42. The van der Waals surface area contributed by atoms with Crippen LogP contribution in [0.5, 0.6) is 0 Å². The van der Waals surface area contributed by atoms with Gasteiger partial charge in [-0.3, -0.25) is 5.10 Å². The molecule has 2 atom stereocenters. The zero-order valence-electron chi connectivity index (χ0n) is 8.09. The number of para-hydroxylation sites is 1. The number of aliphatic hydroxyl groups is 2. The normalized spacial score (nSPS) is 15.4. The molecule has 0 fully saturated rings. The van der Waals surface area contributed by atoms with Crippen LogP contribution < -0.4 is 5.73 Å². The minimum atomic E-state index is -0.987. The van der Waals surface area contributed by atoms with Crippen molar-refractivity contribution in [1.82, 2.24) is 10.2 Å². The maximum Gasteiger partial charge on any atom is 0.108 e. The molecule has 2 unspecified atom stereocenters. The van der Waals surface area contributed by atoms with Gasteiger partial charge in [-0.25, -0.2) is 0 Å².